The van der Waals surface area contributed by atoms with Gasteiger partial charge in [0.2, 0.25) is 5.91 Å². The number of carbonyl (C=O) groups excluding carboxylic acids is 1. The zero-order chi connectivity index (χ0) is 21.6. The molecule has 1 aliphatic rings. The van der Waals surface area contributed by atoms with Crippen molar-refractivity contribution in [3.8, 4) is 11.8 Å². The number of nitrogens with one attached hydrogen (secondary N) is 1. The number of fused-ring (bicyclic) bond motifs is 1. The predicted molar refractivity (Wildman–Crippen MR) is 140 cm³/mol. The summed E-state index contributed by atoms with van der Waals surface area (Å²) in [7, 11) is 2.09. The minimum absolute atomic E-state index is 0. The van der Waals surface area contributed by atoms with Crippen LogP contribution in [0, 0.1) is 17.3 Å². The fourth-order valence-electron chi connectivity index (χ4n) is 3.78. The summed E-state index contributed by atoms with van der Waals surface area (Å²) >= 11 is 0. The van der Waals surface area contributed by atoms with Crippen LogP contribution < -0.4 is 5.32 Å². The van der Waals surface area contributed by atoms with E-state index in [0.717, 1.165) is 32.7 Å². The second-order valence-corrected chi connectivity index (χ2v) is 8.59. The molecule has 174 valence electrons. The lowest BCUT2D eigenvalue weighted by atomic mass is 9.92. The molecule has 4 nitrogen and oxygen atoms in total. The fraction of sp³-hybridized carbons (Fsp3) is 0.423. The van der Waals surface area contributed by atoms with Crippen molar-refractivity contribution in [1.29, 1.82) is 0 Å². The molecule has 1 fully saturated rings. The van der Waals surface area contributed by atoms with Gasteiger partial charge in [0.1, 0.15) is 5.41 Å². The summed E-state index contributed by atoms with van der Waals surface area (Å²) in [5.74, 6) is 6.34. The first-order valence-corrected chi connectivity index (χ1v) is 10.7. The summed E-state index contributed by atoms with van der Waals surface area (Å²) in [5.41, 5.74) is 0.635. The van der Waals surface area contributed by atoms with E-state index < -0.39 is 5.41 Å². The third-order valence-corrected chi connectivity index (χ3v) is 5.74. The highest BCUT2D eigenvalue weighted by atomic mass is 35.5. The number of benzene rings is 2. The minimum Gasteiger partial charge on any atom is -0.339 e. The molecule has 6 heteroatoms. The third-order valence-electron chi connectivity index (χ3n) is 5.74. The maximum atomic E-state index is 12.8. The zero-order valence-corrected chi connectivity index (χ0v) is 21.1. The standard InChI is InChI=1S/C26H33N3O.2ClH/c1-21(23-14-10-12-22-11-6-7-13-24(22)23)27-16-9-5-8-15-26(2,3)25(30)29-19-17-28(4)18-20-29;;/h5-7,9-14,21,27H,16-20H2,1-4H3;2*1H/b9-5+;;/t21-;;/m1../s1. The van der Waals surface area contributed by atoms with Crippen LogP contribution in [-0.2, 0) is 4.79 Å². The predicted octanol–water partition coefficient (Wildman–Crippen LogP) is 4.69. The van der Waals surface area contributed by atoms with Crippen molar-refractivity contribution in [2.45, 2.75) is 26.8 Å². The smallest absolute Gasteiger partial charge is 0.240 e. The van der Waals surface area contributed by atoms with Gasteiger partial charge in [-0.3, -0.25) is 4.79 Å². The lowest BCUT2D eigenvalue weighted by molar-refractivity contribution is -0.139. The first kappa shape index (κ1) is 28.0. The van der Waals surface area contributed by atoms with Crippen molar-refractivity contribution in [3.05, 3.63) is 60.2 Å². The molecular weight excluding hydrogens is 441 g/mol. The van der Waals surface area contributed by atoms with E-state index in [4.69, 9.17) is 0 Å². The summed E-state index contributed by atoms with van der Waals surface area (Å²) in [6.45, 7) is 10.2. The second kappa shape index (κ2) is 12.9. The largest absolute Gasteiger partial charge is 0.339 e. The van der Waals surface area contributed by atoms with E-state index in [1.807, 2.05) is 30.9 Å². The zero-order valence-electron chi connectivity index (χ0n) is 19.4. The Hall–Kier alpha value is -2.03. The average Bonchev–Trinajstić information content (AvgIpc) is 2.75. The van der Waals surface area contributed by atoms with E-state index in [0.29, 0.717) is 0 Å². The van der Waals surface area contributed by atoms with Gasteiger partial charge >= 0.3 is 0 Å². The van der Waals surface area contributed by atoms with Gasteiger partial charge in [0.05, 0.1) is 0 Å². The van der Waals surface area contributed by atoms with Crippen LogP contribution in [0.3, 0.4) is 0 Å². The summed E-state index contributed by atoms with van der Waals surface area (Å²) in [6, 6.07) is 15.1. The molecule has 1 aliphatic heterocycles. The molecule has 1 saturated heterocycles. The van der Waals surface area contributed by atoms with Gasteiger partial charge in [-0.15, -0.1) is 24.8 Å². The minimum atomic E-state index is -0.663. The monoisotopic (exact) mass is 475 g/mol. The summed E-state index contributed by atoms with van der Waals surface area (Å²) in [4.78, 5) is 17.0. The molecule has 0 saturated carbocycles. The highest BCUT2D eigenvalue weighted by molar-refractivity contribution is 5.86. The molecule has 0 unspecified atom stereocenters. The molecule has 0 aliphatic carbocycles. The van der Waals surface area contributed by atoms with E-state index in [1.54, 1.807) is 0 Å². The van der Waals surface area contributed by atoms with Gasteiger partial charge in [-0.1, -0.05) is 60.4 Å². The van der Waals surface area contributed by atoms with Crippen LogP contribution in [0.2, 0.25) is 0 Å². The molecule has 3 rings (SSSR count). The molecule has 0 radical (unpaired) electrons. The molecule has 2 aromatic carbocycles. The van der Waals surface area contributed by atoms with Crippen molar-refractivity contribution in [2.75, 3.05) is 39.8 Å². The quantitative estimate of drug-likeness (QED) is 0.636. The maximum absolute atomic E-state index is 12.8. The van der Waals surface area contributed by atoms with E-state index in [-0.39, 0.29) is 36.8 Å². The Bertz CT molecular complexity index is 964. The van der Waals surface area contributed by atoms with Gasteiger partial charge < -0.3 is 15.1 Å². The summed E-state index contributed by atoms with van der Waals surface area (Å²) in [6.07, 6.45) is 3.87. The number of hydrogen-bond donors (Lipinski definition) is 1. The van der Waals surface area contributed by atoms with Gasteiger partial charge in [0, 0.05) is 38.8 Å². The van der Waals surface area contributed by atoms with Gasteiger partial charge in [-0.2, -0.15) is 0 Å². The van der Waals surface area contributed by atoms with E-state index in [2.05, 4.69) is 78.5 Å². The van der Waals surface area contributed by atoms with Crippen LogP contribution in [0.25, 0.3) is 10.8 Å². The lowest BCUT2D eigenvalue weighted by Gasteiger charge is -2.35. The van der Waals surface area contributed by atoms with Crippen molar-refractivity contribution < 1.29 is 4.79 Å². The number of hydrogen-bond acceptors (Lipinski definition) is 3. The van der Waals surface area contributed by atoms with Crippen LogP contribution in [-0.4, -0.2) is 55.5 Å². The molecule has 2 aromatic rings. The number of nitrogens with zero attached hydrogens (tertiary/aromatic N) is 2. The molecule has 1 N–H and O–H groups in total. The van der Waals surface area contributed by atoms with Crippen molar-refractivity contribution in [2.24, 2.45) is 5.41 Å². The van der Waals surface area contributed by atoms with Crippen LogP contribution >= 0.6 is 24.8 Å². The number of amides is 1. The highest BCUT2D eigenvalue weighted by Crippen LogP contribution is 2.24. The maximum Gasteiger partial charge on any atom is 0.240 e. The fourth-order valence-corrected chi connectivity index (χ4v) is 3.78. The average molecular weight is 476 g/mol. The van der Waals surface area contributed by atoms with Crippen molar-refractivity contribution >= 4 is 41.5 Å². The first-order chi connectivity index (χ1) is 14.4. The van der Waals surface area contributed by atoms with Gasteiger partial charge in [0.25, 0.3) is 0 Å². The molecular formula is C26H35Cl2N3O. The summed E-state index contributed by atoms with van der Waals surface area (Å²) in [5, 5.41) is 6.08. The van der Waals surface area contributed by atoms with Crippen molar-refractivity contribution in [1.82, 2.24) is 15.1 Å². The number of carbonyl (C=O) groups is 1. The molecule has 1 heterocycles. The molecule has 0 bridgehead atoms. The van der Waals surface area contributed by atoms with Gasteiger partial charge in [-0.25, -0.2) is 0 Å². The van der Waals surface area contributed by atoms with E-state index in [9.17, 15) is 4.79 Å². The number of rotatable bonds is 5. The highest BCUT2D eigenvalue weighted by Gasteiger charge is 2.31. The van der Waals surface area contributed by atoms with Crippen LogP contribution in [0.15, 0.2) is 54.6 Å². The number of piperazine rings is 1. The SMILES string of the molecule is C[C@@H](NC/C=C/C#CC(C)(C)C(=O)N1CCN(C)CC1)c1cccc2ccccc12.Cl.Cl. The van der Waals surface area contributed by atoms with E-state index >= 15 is 0 Å². The van der Waals surface area contributed by atoms with Gasteiger partial charge in [-0.05, 0) is 50.2 Å². The molecule has 1 amide bonds. The number of allylic oxidation sites excluding steroid dienone is 1. The Morgan fingerprint density at radius 1 is 1.09 bits per heavy atom. The molecule has 0 spiro atoms. The molecule has 0 aromatic heterocycles. The molecule has 1 atom stereocenters. The number of likely N-dealkylation sites (N-methyl/N-ethyl adjacent to an activating group) is 1. The summed E-state index contributed by atoms with van der Waals surface area (Å²) < 4.78 is 0. The third kappa shape index (κ3) is 7.25. The Labute approximate surface area is 205 Å². The second-order valence-electron chi connectivity index (χ2n) is 8.59. The van der Waals surface area contributed by atoms with Crippen LogP contribution in [0.4, 0.5) is 0 Å². The van der Waals surface area contributed by atoms with E-state index in [1.165, 1.54) is 16.3 Å². The normalized spacial score (nSPS) is 15.4. The Balaban J connectivity index is 0.00000256. The Kier molecular flexibility index (Phi) is 11.3. The Morgan fingerprint density at radius 2 is 1.75 bits per heavy atom. The number of halogens is 2. The van der Waals surface area contributed by atoms with Crippen molar-refractivity contribution in [3.63, 3.8) is 0 Å². The Morgan fingerprint density at radius 3 is 2.47 bits per heavy atom. The molecule has 32 heavy (non-hydrogen) atoms. The topological polar surface area (TPSA) is 35.6 Å². The van der Waals surface area contributed by atoms with Crippen LogP contribution in [0.5, 0.6) is 0 Å². The lowest BCUT2D eigenvalue weighted by Crippen LogP contribution is -2.50. The first-order valence-electron chi connectivity index (χ1n) is 10.7. The van der Waals surface area contributed by atoms with Gasteiger partial charge in [0.15, 0.2) is 0 Å². The van der Waals surface area contributed by atoms with Crippen LogP contribution in [0.1, 0.15) is 32.4 Å².